The van der Waals surface area contributed by atoms with Gasteiger partial charge in [0.15, 0.2) is 5.69 Å². The van der Waals surface area contributed by atoms with Crippen molar-refractivity contribution in [3.63, 3.8) is 0 Å². The van der Waals surface area contributed by atoms with E-state index in [9.17, 15) is 4.79 Å². The summed E-state index contributed by atoms with van der Waals surface area (Å²) in [4.78, 5) is 14.3. The molecule has 0 saturated carbocycles. The monoisotopic (exact) mass is 303 g/mol. The molecule has 0 aliphatic heterocycles. The summed E-state index contributed by atoms with van der Waals surface area (Å²) in [6.07, 6.45) is 4.20. The first-order chi connectivity index (χ1) is 10.7. The summed E-state index contributed by atoms with van der Waals surface area (Å²) in [7, 11) is 3.41. The zero-order chi connectivity index (χ0) is 15.5. The van der Waals surface area contributed by atoms with Crippen LogP contribution in [0.2, 0.25) is 0 Å². The van der Waals surface area contributed by atoms with Crippen LogP contribution in [0.4, 0.5) is 0 Å². The molecule has 2 aromatic rings. The van der Waals surface area contributed by atoms with Gasteiger partial charge in [0.25, 0.3) is 5.91 Å². The van der Waals surface area contributed by atoms with Crippen LogP contribution in [0, 0.1) is 0 Å². The number of aromatic amines is 2. The summed E-state index contributed by atoms with van der Waals surface area (Å²) >= 11 is 0. The van der Waals surface area contributed by atoms with Gasteiger partial charge in [0.1, 0.15) is 0 Å². The Balaban J connectivity index is 1.70. The average molecular weight is 303 g/mol. The molecule has 0 spiro atoms. The Kier molecular flexibility index (Phi) is 4.24. The Morgan fingerprint density at radius 2 is 2.14 bits per heavy atom. The summed E-state index contributed by atoms with van der Waals surface area (Å²) in [6, 6.07) is 1.91. The number of hydrogen-bond donors (Lipinski definition) is 2. The van der Waals surface area contributed by atoms with Crippen LogP contribution in [-0.4, -0.2) is 45.4 Å². The SMILES string of the molecule is COCc1cc(CN(C)C(=O)c2n[nH]c3c2CCCC3)[nH]n1. The van der Waals surface area contributed by atoms with Crippen molar-refractivity contribution in [3.8, 4) is 0 Å². The van der Waals surface area contributed by atoms with Gasteiger partial charge in [-0.2, -0.15) is 10.2 Å². The lowest BCUT2D eigenvalue weighted by atomic mass is 9.95. The largest absolute Gasteiger partial charge is 0.378 e. The smallest absolute Gasteiger partial charge is 0.274 e. The van der Waals surface area contributed by atoms with E-state index in [1.165, 1.54) is 0 Å². The molecule has 1 aliphatic carbocycles. The van der Waals surface area contributed by atoms with Crippen LogP contribution in [0.5, 0.6) is 0 Å². The molecule has 0 radical (unpaired) electrons. The van der Waals surface area contributed by atoms with Gasteiger partial charge in [0.05, 0.1) is 24.5 Å². The maximum absolute atomic E-state index is 12.6. The van der Waals surface area contributed by atoms with Crippen molar-refractivity contribution in [2.24, 2.45) is 0 Å². The van der Waals surface area contributed by atoms with Gasteiger partial charge in [0.2, 0.25) is 0 Å². The fourth-order valence-corrected chi connectivity index (χ4v) is 2.88. The molecule has 1 aliphatic rings. The van der Waals surface area contributed by atoms with E-state index in [-0.39, 0.29) is 5.91 Å². The predicted octanol–water partition coefficient (Wildman–Crippen LogP) is 1.43. The van der Waals surface area contributed by atoms with E-state index in [4.69, 9.17) is 4.74 Å². The van der Waals surface area contributed by atoms with Crippen molar-refractivity contribution in [1.82, 2.24) is 25.3 Å². The number of carbonyl (C=O) groups excluding carboxylic acids is 1. The molecule has 0 aromatic carbocycles. The van der Waals surface area contributed by atoms with Gasteiger partial charge < -0.3 is 9.64 Å². The van der Waals surface area contributed by atoms with Crippen molar-refractivity contribution >= 4 is 5.91 Å². The summed E-state index contributed by atoms with van der Waals surface area (Å²) < 4.78 is 5.04. The number of rotatable bonds is 5. The predicted molar refractivity (Wildman–Crippen MR) is 80.3 cm³/mol. The lowest BCUT2D eigenvalue weighted by Crippen LogP contribution is -2.27. The standard InChI is InChI=1S/C15H21N5O2/c1-20(8-10-7-11(9-22-2)17-16-10)15(21)14-12-5-3-4-6-13(12)18-19-14/h7H,3-6,8-9H2,1-2H3,(H,16,17)(H,18,19). The number of aromatic nitrogens is 4. The Morgan fingerprint density at radius 3 is 2.95 bits per heavy atom. The van der Waals surface area contributed by atoms with Gasteiger partial charge >= 0.3 is 0 Å². The molecule has 0 bridgehead atoms. The Morgan fingerprint density at radius 1 is 1.32 bits per heavy atom. The molecule has 0 fully saturated rings. The summed E-state index contributed by atoms with van der Waals surface area (Å²) in [5.41, 5.74) is 4.48. The van der Waals surface area contributed by atoms with Crippen LogP contribution >= 0.6 is 0 Å². The van der Waals surface area contributed by atoms with Gasteiger partial charge in [0, 0.05) is 25.4 Å². The highest BCUT2D eigenvalue weighted by atomic mass is 16.5. The van der Waals surface area contributed by atoms with Gasteiger partial charge in [-0.25, -0.2) is 0 Å². The van der Waals surface area contributed by atoms with Gasteiger partial charge in [-0.1, -0.05) is 0 Å². The minimum absolute atomic E-state index is 0.0534. The van der Waals surface area contributed by atoms with Gasteiger partial charge in [-0.15, -0.1) is 0 Å². The Bertz CT molecular complexity index is 661. The average Bonchev–Trinajstić information content (AvgIpc) is 3.13. The van der Waals surface area contributed by atoms with Crippen LogP contribution in [-0.2, 0) is 30.7 Å². The molecule has 7 nitrogen and oxygen atoms in total. The second-order valence-corrected chi connectivity index (χ2v) is 5.72. The molecule has 1 amide bonds. The maximum atomic E-state index is 12.6. The number of fused-ring (bicyclic) bond motifs is 1. The molecule has 0 atom stereocenters. The van der Waals surface area contributed by atoms with E-state index in [1.807, 2.05) is 6.07 Å². The van der Waals surface area contributed by atoms with Crippen LogP contribution in [0.15, 0.2) is 6.07 Å². The summed E-state index contributed by atoms with van der Waals surface area (Å²) in [5.74, 6) is -0.0534. The van der Waals surface area contributed by atoms with E-state index in [0.29, 0.717) is 18.8 Å². The van der Waals surface area contributed by atoms with Crippen molar-refractivity contribution in [3.05, 3.63) is 34.4 Å². The molecular weight excluding hydrogens is 282 g/mol. The molecule has 118 valence electrons. The molecule has 7 heteroatoms. The van der Waals surface area contributed by atoms with E-state index in [1.54, 1.807) is 19.1 Å². The third kappa shape index (κ3) is 2.89. The number of nitrogens with zero attached hydrogens (tertiary/aromatic N) is 3. The number of ether oxygens (including phenoxy) is 1. The zero-order valence-electron chi connectivity index (χ0n) is 13.0. The number of carbonyl (C=O) groups is 1. The van der Waals surface area contributed by atoms with Crippen molar-refractivity contribution in [2.45, 2.75) is 38.8 Å². The first-order valence-corrected chi connectivity index (χ1v) is 7.52. The summed E-state index contributed by atoms with van der Waals surface area (Å²) in [6.45, 7) is 0.929. The lowest BCUT2D eigenvalue weighted by Gasteiger charge is -2.17. The quantitative estimate of drug-likeness (QED) is 0.875. The van der Waals surface area contributed by atoms with Crippen LogP contribution in [0.3, 0.4) is 0 Å². The summed E-state index contributed by atoms with van der Waals surface area (Å²) in [5, 5.41) is 14.3. The van der Waals surface area contributed by atoms with Crippen molar-refractivity contribution in [1.29, 1.82) is 0 Å². The second-order valence-electron chi connectivity index (χ2n) is 5.72. The molecule has 22 heavy (non-hydrogen) atoms. The van der Waals surface area contributed by atoms with Crippen molar-refractivity contribution in [2.75, 3.05) is 14.2 Å². The Labute approximate surface area is 129 Å². The zero-order valence-corrected chi connectivity index (χ0v) is 13.0. The molecule has 3 rings (SSSR count). The van der Waals surface area contributed by atoms with Gasteiger partial charge in [-0.3, -0.25) is 15.0 Å². The second kappa shape index (κ2) is 6.31. The molecule has 2 aromatic heterocycles. The molecular formula is C15H21N5O2. The normalized spacial score (nSPS) is 13.9. The van der Waals surface area contributed by atoms with E-state index >= 15 is 0 Å². The number of amides is 1. The van der Waals surface area contributed by atoms with Crippen LogP contribution in [0.1, 0.15) is 46.0 Å². The molecule has 2 N–H and O–H groups in total. The molecule has 0 unspecified atom stereocenters. The first-order valence-electron chi connectivity index (χ1n) is 7.52. The van der Waals surface area contributed by atoms with E-state index in [2.05, 4.69) is 20.4 Å². The minimum atomic E-state index is -0.0534. The van der Waals surface area contributed by atoms with Gasteiger partial charge in [-0.05, 0) is 31.7 Å². The molecule has 0 saturated heterocycles. The Hall–Kier alpha value is -2.15. The third-order valence-corrected chi connectivity index (χ3v) is 3.99. The van der Waals surface area contributed by atoms with Crippen LogP contribution in [0.25, 0.3) is 0 Å². The molecule has 2 heterocycles. The van der Waals surface area contributed by atoms with Crippen molar-refractivity contribution < 1.29 is 9.53 Å². The maximum Gasteiger partial charge on any atom is 0.274 e. The topological polar surface area (TPSA) is 86.9 Å². The number of aryl methyl sites for hydroxylation is 1. The third-order valence-electron chi connectivity index (χ3n) is 3.99. The number of hydrogen-bond acceptors (Lipinski definition) is 4. The number of nitrogens with one attached hydrogen (secondary N) is 2. The number of H-pyrrole nitrogens is 2. The highest BCUT2D eigenvalue weighted by Gasteiger charge is 2.24. The lowest BCUT2D eigenvalue weighted by molar-refractivity contribution is 0.0776. The number of methoxy groups -OCH3 is 1. The highest BCUT2D eigenvalue weighted by molar-refractivity contribution is 5.93. The first kappa shape index (κ1) is 14.8. The fraction of sp³-hybridized carbons (Fsp3) is 0.533. The minimum Gasteiger partial charge on any atom is -0.378 e. The van der Waals surface area contributed by atoms with E-state index < -0.39 is 0 Å². The van der Waals surface area contributed by atoms with Crippen LogP contribution < -0.4 is 0 Å². The highest BCUT2D eigenvalue weighted by Crippen LogP contribution is 2.23. The van der Waals surface area contributed by atoms with E-state index in [0.717, 1.165) is 48.3 Å². The fourth-order valence-electron chi connectivity index (χ4n) is 2.88.